The SMILES string of the molecule is O=C(NC1CC2CC(C(=O)NC(C(=O)O)C3CC3)CC21)OCC1c2ccccc2-c2ccccc21. The first-order valence-corrected chi connectivity index (χ1v) is 12.6. The van der Waals surface area contributed by atoms with Crippen molar-refractivity contribution in [1.82, 2.24) is 10.6 Å². The summed E-state index contributed by atoms with van der Waals surface area (Å²) in [6, 6.07) is 15.7. The van der Waals surface area contributed by atoms with Gasteiger partial charge in [-0.25, -0.2) is 9.59 Å². The summed E-state index contributed by atoms with van der Waals surface area (Å²) in [5.41, 5.74) is 4.75. The molecule has 0 aliphatic heterocycles. The number of carboxylic acids is 1. The van der Waals surface area contributed by atoms with E-state index in [0.29, 0.717) is 12.3 Å². The summed E-state index contributed by atoms with van der Waals surface area (Å²) in [6.07, 6.45) is 3.59. The van der Waals surface area contributed by atoms with E-state index >= 15 is 0 Å². The van der Waals surface area contributed by atoms with Gasteiger partial charge >= 0.3 is 12.1 Å². The van der Waals surface area contributed by atoms with Crippen molar-refractivity contribution in [2.45, 2.75) is 50.1 Å². The van der Waals surface area contributed by atoms with E-state index in [1.165, 1.54) is 22.3 Å². The molecule has 2 aromatic rings. The average molecular weight is 475 g/mol. The van der Waals surface area contributed by atoms with Gasteiger partial charge in [0.15, 0.2) is 0 Å². The Labute approximate surface area is 204 Å². The Bertz CT molecular complexity index is 1130. The van der Waals surface area contributed by atoms with Crippen molar-refractivity contribution < 1.29 is 24.2 Å². The second kappa shape index (κ2) is 8.70. The number of carbonyl (C=O) groups excluding carboxylic acids is 2. The Balaban J connectivity index is 1.02. The Hall–Kier alpha value is -3.35. The van der Waals surface area contributed by atoms with Crippen molar-refractivity contribution in [2.75, 3.05) is 6.61 Å². The van der Waals surface area contributed by atoms with Crippen LogP contribution in [0.3, 0.4) is 0 Å². The van der Waals surface area contributed by atoms with Crippen molar-refractivity contribution in [3.63, 3.8) is 0 Å². The summed E-state index contributed by atoms with van der Waals surface area (Å²) in [5, 5.41) is 15.2. The predicted molar refractivity (Wildman–Crippen MR) is 129 cm³/mol. The van der Waals surface area contributed by atoms with E-state index in [-0.39, 0.29) is 42.2 Å². The molecule has 0 bridgehead atoms. The van der Waals surface area contributed by atoms with Gasteiger partial charge in [-0.1, -0.05) is 48.5 Å². The fourth-order valence-electron chi connectivity index (χ4n) is 6.48. The van der Waals surface area contributed by atoms with Crippen molar-refractivity contribution in [1.29, 1.82) is 0 Å². The van der Waals surface area contributed by atoms with Crippen LogP contribution in [-0.4, -0.2) is 41.8 Å². The zero-order valence-electron chi connectivity index (χ0n) is 19.5. The summed E-state index contributed by atoms with van der Waals surface area (Å²) in [6.45, 7) is 0.281. The zero-order valence-corrected chi connectivity index (χ0v) is 19.5. The Morgan fingerprint density at radius 3 is 2.23 bits per heavy atom. The van der Waals surface area contributed by atoms with Crippen molar-refractivity contribution >= 4 is 18.0 Å². The molecular weight excluding hydrogens is 444 g/mol. The minimum atomic E-state index is -0.948. The van der Waals surface area contributed by atoms with Crippen LogP contribution >= 0.6 is 0 Å². The van der Waals surface area contributed by atoms with Gasteiger partial charge in [0.25, 0.3) is 0 Å². The molecule has 3 saturated carbocycles. The molecule has 2 amide bonds. The highest BCUT2D eigenvalue weighted by molar-refractivity contribution is 5.85. The monoisotopic (exact) mass is 474 g/mol. The second-order valence-corrected chi connectivity index (χ2v) is 10.6. The lowest BCUT2D eigenvalue weighted by atomic mass is 9.71. The van der Waals surface area contributed by atoms with Gasteiger partial charge < -0.3 is 20.5 Å². The van der Waals surface area contributed by atoms with Crippen molar-refractivity contribution in [3.8, 4) is 11.1 Å². The zero-order chi connectivity index (χ0) is 24.1. The Morgan fingerprint density at radius 1 is 0.943 bits per heavy atom. The molecule has 2 aromatic carbocycles. The van der Waals surface area contributed by atoms with Crippen LogP contribution in [0.15, 0.2) is 48.5 Å². The predicted octanol–water partition coefficient (Wildman–Crippen LogP) is 3.92. The van der Waals surface area contributed by atoms with Gasteiger partial charge in [-0.15, -0.1) is 0 Å². The topological polar surface area (TPSA) is 105 Å². The summed E-state index contributed by atoms with van der Waals surface area (Å²) in [4.78, 5) is 36.8. The lowest BCUT2D eigenvalue weighted by molar-refractivity contribution is -0.143. The molecule has 3 fully saturated rings. The Morgan fingerprint density at radius 2 is 1.60 bits per heavy atom. The molecule has 0 radical (unpaired) electrons. The number of hydrogen-bond donors (Lipinski definition) is 3. The molecule has 7 heteroatoms. The van der Waals surface area contributed by atoms with E-state index in [1.54, 1.807) is 0 Å². The van der Waals surface area contributed by atoms with Crippen LogP contribution < -0.4 is 10.6 Å². The van der Waals surface area contributed by atoms with Gasteiger partial charge in [0, 0.05) is 17.9 Å². The third kappa shape index (κ3) is 4.07. The van der Waals surface area contributed by atoms with Gasteiger partial charge in [-0.05, 0) is 72.1 Å². The first-order chi connectivity index (χ1) is 17.0. The summed E-state index contributed by atoms with van der Waals surface area (Å²) in [7, 11) is 0. The number of alkyl carbamates (subject to hydrolysis) is 1. The number of nitrogens with one attached hydrogen (secondary N) is 2. The number of benzene rings is 2. The summed E-state index contributed by atoms with van der Waals surface area (Å²) >= 11 is 0. The Kier molecular flexibility index (Phi) is 5.50. The third-order valence-corrected chi connectivity index (χ3v) is 8.50. The normalized spacial score (nSPS) is 27.1. The van der Waals surface area contributed by atoms with E-state index in [9.17, 15) is 19.5 Å². The number of ether oxygens (including phenoxy) is 1. The summed E-state index contributed by atoms with van der Waals surface area (Å²) in [5.74, 6) is -0.549. The van der Waals surface area contributed by atoms with E-state index in [0.717, 1.165) is 25.7 Å². The molecule has 4 aliphatic rings. The molecule has 3 N–H and O–H groups in total. The smallest absolute Gasteiger partial charge is 0.407 e. The maximum Gasteiger partial charge on any atom is 0.407 e. The largest absolute Gasteiger partial charge is 0.480 e. The number of carboxylic acid groups (broad SMARTS) is 1. The highest BCUT2D eigenvalue weighted by Gasteiger charge is 2.51. The number of amides is 2. The van der Waals surface area contributed by atoms with E-state index < -0.39 is 18.1 Å². The molecule has 6 rings (SSSR count). The number of rotatable bonds is 7. The molecule has 0 aromatic heterocycles. The standard InChI is InChI=1S/C28H30N2O5/c31-26(30-25(27(32)33)15-9-10-15)17-11-16-13-24(22(16)12-17)29-28(34)35-14-23-20-7-3-1-5-18(20)19-6-2-4-8-21(19)23/h1-8,15-17,22-25H,9-14H2,(H,29,34)(H,30,31)(H,32,33). The second-order valence-electron chi connectivity index (χ2n) is 10.6. The van der Waals surface area contributed by atoms with Crippen LogP contribution in [0.2, 0.25) is 0 Å². The van der Waals surface area contributed by atoms with Gasteiger partial charge in [-0.2, -0.15) is 0 Å². The molecule has 0 spiro atoms. The number of fused-ring (bicyclic) bond motifs is 4. The van der Waals surface area contributed by atoms with Crippen LogP contribution in [0, 0.1) is 23.7 Å². The number of aliphatic carboxylic acids is 1. The van der Waals surface area contributed by atoms with E-state index in [1.807, 2.05) is 24.3 Å². The lowest BCUT2D eigenvalue weighted by Gasteiger charge is -2.40. The minimum absolute atomic E-state index is 0.00662. The fraction of sp³-hybridized carbons (Fsp3) is 0.464. The molecule has 5 atom stereocenters. The molecule has 0 heterocycles. The lowest BCUT2D eigenvalue weighted by Crippen LogP contribution is -2.50. The number of carbonyl (C=O) groups is 3. The molecular formula is C28H30N2O5. The van der Waals surface area contributed by atoms with Crippen molar-refractivity contribution in [3.05, 3.63) is 59.7 Å². The highest BCUT2D eigenvalue weighted by atomic mass is 16.5. The highest BCUT2D eigenvalue weighted by Crippen LogP contribution is 2.50. The first-order valence-electron chi connectivity index (χ1n) is 12.6. The van der Waals surface area contributed by atoms with Crippen LogP contribution in [0.25, 0.3) is 11.1 Å². The maximum atomic E-state index is 12.7. The van der Waals surface area contributed by atoms with Gasteiger partial charge in [-0.3, -0.25) is 4.79 Å². The minimum Gasteiger partial charge on any atom is -0.480 e. The van der Waals surface area contributed by atoms with E-state index in [4.69, 9.17) is 4.74 Å². The summed E-state index contributed by atoms with van der Waals surface area (Å²) < 4.78 is 5.69. The fourth-order valence-corrected chi connectivity index (χ4v) is 6.48. The van der Waals surface area contributed by atoms with Crippen molar-refractivity contribution in [2.24, 2.45) is 23.7 Å². The molecule has 0 saturated heterocycles. The maximum absolute atomic E-state index is 12.7. The molecule has 5 unspecified atom stereocenters. The van der Waals surface area contributed by atoms with Gasteiger partial charge in [0.05, 0.1) is 0 Å². The van der Waals surface area contributed by atoms with Crippen LogP contribution in [-0.2, 0) is 14.3 Å². The average Bonchev–Trinajstić information content (AvgIpc) is 3.56. The molecule has 4 aliphatic carbocycles. The molecule has 182 valence electrons. The third-order valence-electron chi connectivity index (χ3n) is 8.50. The molecule has 35 heavy (non-hydrogen) atoms. The van der Waals surface area contributed by atoms with Gasteiger partial charge in [0.1, 0.15) is 12.6 Å². The molecule has 7 nitrogen and oxygen atoms in total. The first kappa shape index (κ1) is 22.1. The number of hydrogen-bond acceptors (Lipinski definition) is 4. The van der Waals surface area contributed by atoms with Gasteiger partial charge in [0.2, 0.25) is 5.91 Å². The van der Waals surface area contributed by atoms with Crippen LogP contribution in [0.4, 0.5) is 4.79 Å². The van der Waals surface area contributed by atoms with E-state index in [2.05, 4.69) is 34.9 Å². The van der Waals surface area contributed by atoms with Crippen LogP contribution in [0.1, 0.15) is 49.1 Å². The van der Waals surface area contributed by atoms with Crippen LogP contribution in [0.5, 0.6) is 0 Å². The quantitative estimate of drug-likeness (QED) is 0.564.